The van der Waals surface area contributed by atoms with Gasteiger partial charge in [-0.1, -0.05) is 20.8 Å². The van der Waals surface area contributed by atoms with Crippen LogP contribution in [0.2, 0.25) is 18.1 Å². The Balaban J connectivity index is 4.67. The molecular weight excluding hydrogens is 290 g/mol. The predicted molar refractivity (Wildman–Crippen MR) is 83.9 cm³/mol. The van der Waals surface area contributed by atoms with Gasteiger partial charge < -0.3 is 19.6 Å². The highest BCUT2D eigenvalue weighted by Gasteiger charge is 2.38. The summed E-state index contributed by atoms with van der Waals surface area (Å²) in [5.41, 5.74) is -0.673. The van der Waals surface area contributed by atoms with Crippen LogP contribution in [0.4, 0.5) is 4.79 Å². The van der Waals surface area contributed by atoms with Gasteiger partial charge in [0.15, 0.2) is 14.4 Å². The summed E-state index contributed by atoms with van der Waals surface area (Å²) >= 11 is 0. The number of carbonyl (C=O) groups is 2. The summed E-state index contributed by atoms with van der Waals surface area (Å²) in [5.74, 6) is -1.14. The van der Waals surface area contributed by atoms with Crippen molar-refractivity contribution < 1.29 is 23.9 Å². The second-order valence-corrected chi connectivity index (χ2v) is 12.4. The van der Waals surface area contributed by atoms with Crippen molar-refractivity contribution in [1.82, 2.24) is 5.32 Å². The number of ether oxygens (including phenoxy) is 1. The molecule has 0 rings (SSSR count). The van der Waals surface area contributed by atoms with Crippen LogP contribution in [0.3, 0.4) is 0 Å². The molecule has 0 aliphatic rings. The topological polar surface area (TPSA) is 84.9 Å². The molecule has 1 atom stereocenters. The Kier molecular flexibility index (Phi) is 6.43. The minimum absolute atomic E-state index is 0.0258. The fourth-order valence-electron chi connectivity index (χ4n) is 1.13. The number of amides is 1. The molecule has 0 saturated heterocycles. The third kappa shape index (κ3) is 7.47. The predicted octanol–water partition coefficient (Wildman–Crippen LogP) is 2.99. The van der Waals surface area contributed by atoms with Crippen molar-refractivity contribution in [3.63, 3.8) is 0 Å². The van der Waals surface area contributed by atoms with Crippen molar-refractivity contribution in [3.8, 4) is 0 Å². The Hall–Kier alpha value is -1.08. The maximum atomic E-state index is 11.7. The third-order valence-corrected chi connectivity index (χ3v) is 7.91. The summed E-state index contributed by atoms with van der Waals surface area (Å²) in [5, 5.41) is 11.5. The number of carboxylic acid groups (broad SMARTS) is 1. The number of hydrogen-bond donors (Lipinski definition) is 2. The van der Waals surface area contributed by atoms with Gasteiger partial charge in [-0.3, -0.25) is 0 Å². The van der Waals surface area contributed by atoms with Crippen LogP contribution < -0.4 is 5.32 Å². The Morgan fingerprint density at radius 3 is 1.95 bits per heavy atom. The lowest BCUT2D eigenvalue weighted by Crippen LogP contribution is -2.50. The quantitative estimate of drug-likeness (QED) is 0.761. The molecule has 0 spiro atoms. The molecule has 0 heterocycles. The molecule has 0 aromatic carbocycles. The van der Waals surface area contributed by atoms with Gasteiger partial charge in [0.25, 0.3) is 0 Å². The van der Waals surface area contributed by atoms with Crippen LogP contribution in [-0.2, 0) is 14.0 Å². The maximum Gasteiger partial charge on any atom is 0.408 e. The van der Waals surface area contributed by atoms with E-state index in [-0.39, 0.29) is 11.6 Å². The van der Waals surface area contributed by atoms with E-state index in [9.17, 15) is 14.7 Å². The molecule has 21 heavy (non-hydrogen) atoms. The highest BCUT2D eigenvalue weighted by molar-refractivity contribution is 6.74. The second-order valence-electron chi connectivity index (χ2n) is 7.61. The summed E-state index contributed by atoms with van der Waals surface area (Å²) in [6.07, 6.45) is -0.756. The lowest BCUT2D eigenvalue weighted by molar-refractivity contribution is -0.140. The largest absolute Gasteiger partial charge is 0.480 e. The fourth-order valence-corrected chi connectivity index (χ4v) is 2.15. The zero-order valence-corrected chi connectivity index (χ0v) is 15.4. The van der Waals surface area contributed by atoms with Gasteiger partial charge in [0, 0.05) is 0 Å². The Morgan fingerprint density at radius 2 is 1.62 bits per heavy atom. The lowest BCUT2D eigenvalue weighted by Gasteiger charge is -2.36. The fraction of sp³-hybridized carbons (Fsp3) is 0.857. The van der Waals surface area contributed by atoms with E-state index >= 15 is 0 Å². The van der Waals surface area contributed by atoms with Crippen LogP contribution in [0.15, 0.2) is 0 Å². The van der Waals surface area contributed by atoms with Gasteiger partial charge in [0.2, 0.25) is 0 Å². The monoisotopic (exact) mass is 319 g/mol. The van der Waals surface area contributed by atoms with Crippen molar-refractivity contribution in [1.29, 1.82) is 0 Å². The molecule has 124 valence electrons. The summed E-state index contributed by atoms with van der Waals surface area (Å²) in [6, 6.07) is -1.12. The van der Waals surface area contributed by atoms with Gasteiger partial charge in [-0.15, -0.1) is 0 Å². The van der Waals surface area contributed by atoms with Crippen LogP contribution in [0.25, 0.3) is 0 Å². The molecule has 0 fully saturated rings. The van der Waals surface area contributed by atoms with E-state index in [2.05, 4.69) is 26.1 Å². The van der Waals surface area contributed by atoms with E-state index in [0.717, 1.165) is 0 Å². The van der Waals surface area contributed by atoms with Gasteiger partial charge in [-0.2, -0.15) is 0 Å². The first kappa shape index (κ1) is 19.9. The molecule has 0 aromatic heterocycles. The number of nitrogens with one attached hydrogen (secondary N) is 1. The first-order chi connectivity index (χ1) is 9.16. The minimum atomic E-state index is -2.07. The first-order valence-corrected chi connectivity index (χ1v) is 9.93. The second kappa shape index (κ2) is 6.78. The number of hydrogen-bond acceptors (Lipinski definition) is 4. The number of carbonyl (C=O) groups excluding carboxylic acids is 1. The molecule has 1 amide bonds. The van der Waals surface area contributed by atoms with E-state index in [1.165, 1.54) is 0 Å². The van der Waals surface area contributed by atoms with E-state index in [0.29, 0.717) is 0 Å². The van der Waals surface area contributed by atoms with E-state index in [1.54, 1.807) is 20.8 Å². The van der Waals surface area contributed by atoms with Crippen molar-refractivity contribution in [3.05, 3.63) is 0 Å². The number of rotatable bonds is 5. The number of aliphatic carboxylic acids is 1. The van der Waals surface area contributed by atoms with Crippen LogP contribution >= 0.6 is 0 Å². The third-order valence-electron chi connectivity index (χ3n) is 3.41. The maximum absolute atomic E-state index is 11.7. The molecule has 0 aliphatic carbocycles. The van der Waals surface area contributed by atoms with E-state index < -0.39 is 32.0 Å². The molecule has 7 heteroatoms. The molecule has 0 bridgehead atoms. The molecule has 0 aliphatic heterocycles. The van der Waals surface area contributed by atoms with Gasteiger partial charge in [-0.25, -0.2) is 9.59 Å². The van der Waals surface area contributed by atoms with Gasteiger partial charge in [0.1, 0.15) is 5.60 Å². The highest BCUT2D eigenvalue weighted by Crippen LogP contribution is 2.36. The molecule has 2 N–H and O–H groups in total. The van der Waals surface area contributed by atoms with Crippen molar-refractivity contribution in [2.45, 2.75) is 71.3 Å². The van der Waals surface area contributed by atoms with E-state index in [1.807, 2.05) is 13.1 Å². The summed E-state index contributed by atoms with van der Waals surface area (Å²) < 4.78 is 10.9. The standard InChI is InChI=1S/C14H29NO5Si/c1-13(2,3)20-12(18)15-10(11(16)17)9-19-21(7,8)14(4,5)6/h10H,9H2,1-8H3,(H,15,18)(H,16,17)/t10-/m0/s1. The van der Waals surface area contributed by atoms with Crippen LogP contribution in [-0.4, -0.2) is 43.7 Å². The average Bonchev–Trinajstić information content (AvgIpc) is 2.19. The van der Waals surface area contributed by atoms with Crippen LogP contribution in [0.5, 0.6) is 0 Å². The molecule has 0 radical (unpaired) electrons. The van der Waals surface area contributed by atoms with Crippen LogP contribution in [0.1, 0.15) is 41.5 Å². The zero-order valence-electron chi connectivity index (χ0n) is 14.4. The number of carboxylic acids is 1. The van der Waals surface area contributed by atoms with Gasteiger partial charge in [-0.05, 0) is 38.9 Å². The Bertz CT molecular complexity index is 382. The normalized spacial score (nSPS) is 14.5. The Labute approximate surface area is 128 Å². The van der Waals surface area contributed by atoms with Crippen molar-refractivity contribution in [2.75, 3.05) is 6.61 Å². The number of alkyl carbamates (subject to hydrolysis) is 1. The van der Waals surface area contributed by atoms with Crippen molar-refractivity contribution in [2.24, 2.45) is 0 Å². The molecular formula is C14H29NO5Si. The SMILES string of the molecule is CC(C)(C)OC(=O)N[C@@H](CO[Si](C)(C)C(C)(C)C)C(=O)O. The first-order valence-electron chi connectivity index (χ1n) is 7.02. The van der Waals surface area contributed by atoms with Gasteiger partial charge >= 0.3 is 12.1 Å². The summed E-state index contributed by atoms with van der Waals surface area (Å²) in [6.45, 7) is 15.3. The molecule has 6 nitrogen and oxygen atoms in total. The Morgan fingerprint density at radius 1 is 1.14 bits per heavy atom. The average molecular weight is 319 g/mol. The van der Waals surface area contributed by atoms with E-state index in [4.69, 9.17) is 9.16 Å². The van der Waals surface area contributed by atoms with Crippen LogP contribution in [0, 0.1) is 0 Å². The highest BCUT2D eigenvalue weighted by atomic mass is 28.4. The molecule has 0 saturated carbocycles. The summed E-state index contributed by atoms with van der Waals surface area (Å²) in [7, 11) is -2.07. The van der Waals surface area contributed by atoms with Gasteiger partial charge in [0.05, 0.1) is 6.61 Å². The zero-order chi connectivity index (χ0) is 17.1. The molecule has 0 aromatic rings. The summed E-state index contributed by atoms with van der Waals surface area (Å²) in [4.78, 5) is 22.9. The minimum Gasteiger partial charge on any atom is -0.480 e. The smallest absolute Gasteiger partial charge is 0.408 e. The lowest BCUT2D eigenvalue weighted by atomic mass is 10.2. The van der Waals surface area contributed by atoms with Crippen molar-refractivity contribution >= 4 is 20.4 Å². The molecule has 0 unspecified atom stereocenters.